The van der Waals surface area contributed by atoms with Gasteiger partial charge in [-0.3, -0.25) is 4.79 Å². The van der Waals surface area contributed by atoms with Crippen molar-refractivity contribution in [2.75, 3.05) is 13.2 Å². The van der Waals surface area contributed by atoms with Crippen molar-refractivity contribution in [2.45, 2.75) is 32.9 Å². The van der Waals surface area contributed by atoms with Crippen LogP contribution < -0.4 is 5.32 Å². The van der Waals surface area contributed by atoms with Crippen molar-refractivity contribution in [3.8, 4) is 0 Å². The highest BCUT2D eigenvalue weighted by Crippen LogP contribution is 2.38. The van der Waals surface area contributed by atoms with Crippen LogP contribution in [0.4, 0.5) is 13.2 Å². The molecule has 6 heteroatoms. The highest BCUT2D eigenvalue weighted by Gasteiger charge is 2.35. The molecule has 0 aromatic heterocycles. The minimum atomic E-state index is -4.44. The van der Waals surface area contributed by atoms with E-state index >= 15 is 0 Å². The normalized spacial score (nSPS) is 13.9. The molecular formula is C15H20F3NO2. The molecule has 118 valence electrons. The van der Waals surface area contributed by atoms with E-state index in [0.717, 1.165) is 12.1 Å². The lowest BCUT2D eigenvalue weighted by molar-refractivity contribution is -0.137. The Morgan fingerprint density at radius 2 is 1.90 bits per heavy atom. The van der Waals surface area contributed by atoms with Crippen molar-refractivity contribution in [3.05, 3.63) is 35.4 Å². The lowest BCUT2D eigenvalue weighted by atomic mass is 9.75. The highest BCUT2D eigenvalue weighted by atomic mass is 19.4. The van der Waals surface area contributed by atoms with E-state index < -0.39 is 29.0 Å². The summed E-state index contributed by atoms with van der Waals surface area (Å²) >= 11 is 0. The average Bonchev–Trinajstić information content (AvgIpc) is 2.34. The summed E-state index contributed by atoms with van der Waals surface area (Å²) in [6.07, 6.45) is -4.44. The zero-order chi connectivity index (χ0) is 16.3. The summed E-state index contributed by atoms with van der Waals surface area (Å²) in [7, 11) is 0. The van der Waals surface area contributed by atoms with Gasteiger partial charge in [-0.05, 0) is 17.0 Å². The van der Waals surface area contributed by atoms with Gasteiger partial charge in [-0.15, -0.1) is 0 Å². The summed E-state index contributed by atoms with van der Waals surface area (Å²) < 4.78 is 38.4. The summed E-state index contributed by atoms with van der Waals surface area (Å²) in [6, 6.07) is 4.81. The van der Waals surface area contributed by atoms with E-state index in [0.29, 0.717) is 5.56 Å². The first-order valence-corrected chi connectivity index (χ1v) is 6.63. The van der Waals surface area contributed by atoms with E-state index in [1.807, 2.05) is 0 Å². The third-order valence-electron chi connectivity index (χ3n) is 3.09. The lowest BCUT2D eigenvalue weighted by Crippen LogP contribution is -2.37. The molecule has 1 aromatic carbocycles. The number of hydrogen-bond acceptors (Lipinski definition) is 2. The minimum Gasteiger partial charge on any atom is -0.395 e. The van der Waals surface area contributed by atoms with Gasteiger partial charge in [-0.1, -0.05) is 39.0 Å². The molecule has 21 heavy (non-hydrogen) atoms. The summed E-state index contributed by atoms with van der Waals surface area (Å²) in [4.78, 5) is 12.2. The first-order chi connectivity index (χ1) is 9.57. The number of alkyl halides is 3. The Labute approximate surface area is 122 Å². The molecule has 1 rings (SSSR count). The van der Waals surface area contributed by atoms with Crippen molar-refractivity contribution in [1.82, 2.24) is 5.32 Å². The molecule has 2 N–H and O–H groups in total. The predicted octanol–water partition coefficient (Wildman–Crippen LogP) is 2.94. The maximum atomic E-state index is 12.8. The van der Waals surface area contributed by atoms with Crippen LogP contribution >= 0.6 is 0 Å². The molecule has 0 heterocycles. The number of halogens is 3. The number of aliphatic hydroxyl groups is 1. The largest absolute Gasteiger partial charge is 0.416 e. The lowest BCUT2D eigenvalue weighted by Gasteiger charge is -2.30. The minimum absolute atomic E-state index is 0.0738. The van der Waals surface area contributed by atoms with Gasteiger partial charge in [-0.25, -0.2) is 0 Å². The fraction of sp³-hybridized carbons (Fsp3) is 0.533. The number of hydrogen-bond donors (Lipinski definition) is 2. The van der Waals surface area contributed by atoms with Crippen molar-refractivity contribution in [2.24, 2.45) is 5.41 Å². The van der Waals surface area contributed by atoms with Crippen LogP contribution in [0.2, 0.25) is 0 Å². The first kappa shape index (κ1) is 17.5. The number of aliphatic hydroxyl groups excluding tert-OH is 1. The van der Waals surface area contributed by atoms with E-state index in [9.17, 15) is 18.0 Å². The third kappa shape index (κ3) is 4.74. The summed E-state index contributed by atoms with van der Waals surface area (Å²) in [5, 5.41) is 11.3. The monoisotopic (exact) mass is 303 g/mol. The molecule has 0 saturated carbocycles. The van der Waals surface area contributed by atoms with Crippen molar-refractivity contribution < 1.29 is 23.1 Å². The van der Waals surface area contributed by atoms with Gasteiger partial charge < -0.3 is 10.4 Å². The van der Waals surface area contributed by atoms with E-state index in [2.05, 4.69) is 5.32 Å². The van der Waals surface area contributed by atoms with Crippen LogP contribution in [0.3, 0.4) is 0 Å². The molecule has 0 aliphatic rings. The van der Waals surface area contributed by atoms with E-state index in [4.69, 9.17) is 5.11 Å². The van der Waals surface area contributed by atoms with Crippen LogP contribution in [-0.2, 0) is 11.0 Å². The van der Waals surface area contributed by atoms with Crippen LogP contribution in [0.15, 0.2) is 24.3 Å². The van der Waals surface area contributed by atoms with Gasteiger partial charge in [0.1, 0.15) is 0 Å². The Kier molecular flexibility index (Phi) is 5.39. The van der Waals surface area contributed by atoms with E-state index in [1.165, 1.54) is 12.1 Å². The molecule has 0 aliphatic heterocycles. The molecule has 0 spiro atoms. The summed E-state index contributed by atoms with van der Waals surface area (Å²) in [5.41, 5.74) is -1.01. The molecule has 1 atom stereocenters. The van der Waals surface area contributed by atoms with E-state index in [-0.39, 0.29) is 13.2 Å². The SMILES string of the molecule is CC(C)(C)C(C(=O)NCCO)c1cccc(C(F)(F)F)c1. The number of rotatable bonds is 4. The number of benzene rings is 1. The van der Waals surface area contributed by atoms with Crippen LogP contribution in [-0.4, -0.2) is 24.2 Å². The van der Waals surface area contributed by atoms with Crippen molar-refractivity contribution in [1.29, 1.82) is 0 Å². The molecule has 0 bridgehead atoms. The zero-order valence-corrected chi connectivity index (χ0v) is 12.3. The number of nitrogens with one attached hydrogen (secondary N) is 1. The molecule has 0 aliphatic carbocycles. The quantitative estimate of drug-likeness (QED) is 0.898. The second kappa shape index (κ2) is 6.47. The van der Waals surface area contributed by atoms with Gasteiger partial charge >= 0.3 is 6.18 Å². The Balaban J connectivity index is 3.19. The molecular weight excluding hydrogens is 283 g/mol. The number of carbonyl (C=O) groups excluding carboxylic acids is 1. The molecule has 0 radical (unpaired) electrons. The highest BCUT2D eigenvalue weighted by molar-refractivity contribution is 5.84. The average molecular weight is 303 g/mol. The Morgan fingerprint density at radius 3 is 2.38 bits per heavy atom. The van der Waals surface area contributed by atoms with E-state index in [1.54, 1.807) is 20.8 Å². The zero-order valence-electron chi connectivity index (χ0n) is 12.3. The molecule has 1 aromatic rings. The van der Waals surface area contributed by atoms with Gasteiger partial charge in [-0.2, -0.15) is 13.2 Å². The van der Waals surface area contributed by atoms with Crippen LogP contribution in [0.25, 0.3) is 0 Å². The number of amides is 1. The Hall–Kier alpha value is -1.56. The molecule has 3 nitrogen and oxygen atoms in total. The summed E-state index contributed by atoms with van der Waals surface area (Å²) in [6.45, 7) is 5.22. The third-order valence-corrected chi connectivity index (χ3v) is 3.09. The second-order valence-electron chi connectivity index (χ2n) is 5.94. The molecule has 0 fully saturated rings. The smallest absolute Gasteiger partial charge is 0.395 e. The fourth-order valence-corrected chi connectivity index (χ4v) is 2.22. The Morgan fingerprint density at radius 1 is 1.29 bits per heavy atom. The van der Waals surface area contributed by atoms with Crippen LogP contribution in [0.1, 0.15) is 37.8 Å². The maximum absolute atomic E-state index is 12.8. The maximum Gasteiger partial charge on any atom is 0.416 e. The standard InChI is InChI=1S/C15H20F3NO2/c1-14(2,3)12(13(21)19-7-8-20)10-5-4-6-11(9-10)15(16,17)18/h4-6,9,12,20H,7-8H2,1-3H3,(H,19,21). The van der Waals surface area contributed by atoms with Crippen LogP contribution in [0.5, 0.6) is 0 Å². The molecule has 1 amide bonds. The Bertz CT molecular complexity index is 492. The number of carbonyl (C=O) groups is 1. The fourth-order valence-electron chi connectivity index (χ4n) is 2.22. The van der Waals surface area contributed by atoms with Gasteiger partial charge in [0.2, 0.25) is 5.91 Å². The second-order valence-corrected chi connectivity index (χ2v) is 5.94. The van der Waals surface area contributed by atoms with Gasteiger partial charge in [0, 0.05) is 6.54 Å². The molecule has 0 saturated heterocycles. The van der Waals surface area contributed by atoms with Crippen molar-refractivity contribution in [3.63, 3.8) is 0 Å². The molecule has 1 unspecified atom stereocenters. The van der Waals surface area contributed by atoms with Crippen LogP contribution in [0, 0.1) is 5.41 Å². The van der Waals surface area contributed by atoms with Gasteiger partial charge in [0.15, 0.2) is 0 Å². The first-order valence-electron chi connectivity index (χ1n) is 6.63. The van der Waals surface area contributed by atoms with Gasteiger partial charge in [0.05, 0.1) is 18.1 Å². The van der Waals surface area contributed by atoms with Gasteiger partial charge in [0.25, 0.3) is 0 Å². The summed E-state index contributed by atoms with van der Waals surface area (Å²) in [5.74, 6) is -1.12. The van der Waals surface area contributed by atoms with Crippen molar-refractivity contribution >= 4 is 5.91 Å². The predicted molar refractivity (Wildman–Crippen MR) is 73.7 cm³/mol. The topological polar surface area (TPSA) is 49.3 Å².